The smallest absolute Gasteiger partial charge is 0.306 e. The van der Waals surface area contributed by atoms with E-state index in [-0.39, 0.29) is 91.7 Å². The second kappa shape index (κ2) is 28.5. The molecule has 0 aliphatic rings. The highest BCUT2D eigenvalue weighted by molar-refractivity contribution is 5.72. The van der Waals surface area contributed by atoms with Gasteiger partial charge in [0.15, 0.2) is 0 Å². The van der Waals surface area contributed by atoms with Gasteiger partial charge in [0.2, 0.25) is 0 Å². The molecule has 0 amide bonds. The Kier molecular flexibility index (Phi) is 27.5. The molecule has 5 unspecified atom stereocenters. The van der Waals surface area contributed by atoms with Gasteiger partial charge in [0.05, 0.1) is 70.4 Å². The van der Waals surface area contributed by atoms with Crippen molar-refractivity contribution in [2.24, 2.45) is 37.9 Å². The summed E-state index contributed by atoms with van der Waals surface area (Å²) >= 11 is 0. The highest BCUT2D eigenvalue weighted by Gasteiger charge is 2.39. The van der Waals surface area contributed by atoms with E-state index >= 15 is 0 Å². The summed E-state index contributed by atoms with van der Waals surface area (Å²) in [6, 6.07) is 0. The summed E-state index contributed by atoms with van der Waals surface area (Å²) in [6.07, 6.45) is 3.09. The van der Waals surface area contributed by atoms with Crippen LogP contribution >= 0.6 is 0 Å². The Morgan fingerprint density at radius 1 is 0.522 bits per heavy atom. The number of carbonyl (C=O) groups excluding carboxylic acids is 4. The van der Waals surface area contributed by atoms with Crippen LogP contribution in [0, 0.1) is 37.9 Å². The molecule has 14 nitrogen and oxygen atoms in total. The van der Waals surface area contributed by atoms with Gasteiger partial charge in [-0.1, -0.05) is 104 Å². The van der Waals surface area contributed by atoms with Crippen molar-refractivity contribution in [2.45, 2.75) is 238 Å². The first-order chi connectivity index (χ1) is 30.4. The zero-order valence-corrected chi connectivity index (χ0v) is 45.9. The summed E-state index contributed by atoms with van der Waals surface area (Å²) in [7, 11) is 1.40. The summed E-state index contributed by atoms with van der Waals surface area (Å²) < 4.78 is 35.2. The molecule has 0 heterocycles. The largest absolute Gasteiger partial charge is 0.469 e. The van der Waals surface area contributed by atoms with Gasteiger partial charge >= 0.3 is 23.9 Å². The van der Waals surface area contributed by atoms with E-state index in [1.165, 1.54) is 7.11 Å². The molecule has 4 N–H and O–H groups in total. The van der Waals surface area contributed by atoms with Crippen molar-refractivity contribution < 1.29 is 62.9 Å². The summed E-state index contributed by atoms with van der Waals surface area (Å²) in [5, 5.41) is 31.7. The Labute approximate surface area is 407 Å². The fourth-order valence-corrected chi connectivity index (χ4v) is 10.5. The fourth-order valence-electron chi connectivity index (χ4n) is 10.5. The summed E-state index contributed by atoms with van der Waals surface area (Å²) in [5.74, 6) is -1.44. The second-order valence-corrected chi connectivity index (χ2v) is 25.4. The van der Waals surface area contributed by atoms with E-state index in [1.807, 2.05) is 69.2 Å². The maximum atomic E-state index is 13.8. The van der Waals surface area contributed by atoms with Crippen molar-refractivity contribution in [3.8, 4) is 0 Å². The van der Waals surface area contributed by atoms with Gasteiger partial charge in [0.25, 0.3) is 0 Å². The number of hydrogen-bond donors (Lipinski definition) is 4. The molecule has 0 aromatic heterocycles. The normalized spacial score (nSPS) is 15.7. The van der Waals surface area contributed by atoms with Gasteiger partial charge in [-0.05, 0) is 117 Å². The molecule has 67 heavy (non-hydrogen) atoms. The topological polar surface area (TPSA) is 196 Å². The van der Waals surface area contributed by atoms with Crippen LogP contribution in [0.3, 0.4) is 0 Å². The zero-order chi connectivity index (χ0) is 52.2. The molecule has 0 aliphatic carbocycles. The molecule has 0 aliphatic heterocycles. The lowest BCUT2D eigenvalue weighted by Crippen LogP contribution is -2.37. The number of methoxy groups -OCH3 is 1. The van der Waals surface area contributed by atoms with E-state index in [2.05, 4.69) is 60.7 Å². The van der Waals surface area contributed by atoms with Crippen molar-refractivity contribution in [3.05, 3.63) is 0 Å². The minimum absolute atomic E-state index is 0.0240. The third kappa shape index (κ3) is 31.5. The number of esters is 4. The third-order valence-electron chi connectivity index (χ3n) is 12.1. The van der Waals surface area contributed by atoms with E-state index in [0.717, 1.165) is 12.8 Å². The van der Waals surface area contributed by atoms with Crippen LogP contribution in [0.15, 0.2) is 0 Å². The zero-order valence-electron chi connectivity index (χ0n) is 45.9. The van der Waals surface area contributed by atoms with Crippen molar-refractivity contribution >= 4 is 23.9 Å². The molecule has 0 fully saturated rings. The fraction of sp³-hybridized carbons (Fsp3) is 0.925. The van der Waals surface area contributed by atoms with Crippen LogP contribution < -0.4 is 5.32 Å². The maximum Gasteiger partial charge on any atom is 0.306 e. The lowest BCUT2D eigenvalue weighted by molar-refractivity contribution is -0.164. The van der Waals surface area contributed by atoms with Gasteiger partial charge in [-0.15, -0.1) is 0 Å². The summed E-state index contributed by atoms with van der Waals surface area (Å²) in [4.78, 5) is 52.7. The molecule has 0 radical (unpaired) electrons. The summed E-state index contributed by atoms with van der Waals surface area (Å²) in [6.45, 7) is 36.5. The van der Waals surface area contributed by atoms with Gasteiger partial charge in [-0.25, -0.2) is 0 Å². The van der Waals surface area contributed by atoms with Crippen molar-refractivity contribution in [1.29, 1.82) is 0 Å². The Morgan fingerprint density at radius 2 is 0.925 bits per heavy atom. The molecule has 14 heteroatoms. The van der Waals surface area contributed by atoms with Crippen LogP contribution in [0.5, 0.6) is 0 Å². The number of hydrogen-bond acceptors (Lipinski definition) is 14. The predicted molar refractivity (Wildman–Crippen MR) is 264 cm³/mol. The molecule has 0 saturated heterocycles. The molecule has 0 bridgehead atoms. The molecule has 0 saturated carbocycles. The lowest BCUT2D eigenvalue weighted by Gasteiger charge is -2.38. The molecule has 0 aromatic carbocycles. The maximum absolute atomic E-state index is 13.8. The molecular weight excluding hydrogens is 859 g/mol. The molecule has 0 spiro atoms. The van der Waals surface area contributed by atoms with Crippen LogP contribution in [0.2, 0.25) is 0 Å². The number of carbonyl (C=O) groups is 4. The molecule has 5 atom stereocenters. The van der Waals surface area contributed by atoms with Gasteiger partial charge in [0, 0.05) is 0 Å². The van der Waals surface area contributed by atoms with Crippen molar-refractivity contribution in [1.82, 2.24) is 5.32 Å². The number of rotatable bonds is 36. The predicted octanol–water partition coefficient (Wildman–Crippen LogP) is 9.50. The van der Waals surface area contributed by atoms with Crippen LogP contribution in [-0.2, 0) is 47.6 Å². The second-order valence-electron chi connectivity index (χ2n) is 25.4. The van der Waals surface area contributed by atoms with Crippen LogP contribution in [0.25, 0.3) is 0 Å². The average Bonchev–Trinajstić information content (AvgIpc) is 3.12. The first-order valence-corrected chi connectivity index (χ1v) is 24.9. The van der Waals surface area contributed by atoms with E-state index in [1.54, 1.807) is 0 Å². The van der Waals surface area contributed by atoms with Gasteiger partial charge in [-0.3, -0.25) is 24.5 Å². The Hall–Kier alpha value is -2.36. The van der Waals surface area contributed by atoms with E-state index in [0.29, 0.717) is 51.5 Å². The van der Waals surface area contributed by atoms with Crippen molar-refractivity contribution in [2.75, 3.05) is 40.1 Å². The molecule has 0 rings (SSSR count). The number of nitrogens with one attached hydrogen (secondary N) is 1. The Bertz CT molecular complexity index is 1470. The highest BCUT2D eigenvalue weighted by Crippen LogP contribution is 2.43. The van der Waals surface area contributed by atoms with Crippen LogP contribution in [0.1, 0.15) is 202 Å². The SMILES string of the molecule is CCC(C)OC(CO)CC(C)(C)CC(C)(C)CC(=O)OC(COC(=O)CC(C)(C)CCNC(O)CO)CC(C)(C)CC(C)(C)CC(=O)OCC(CC(C)(C)CC(C)(C)CC(=O)OC)OC(C)C. The molecule has 396 valence electrons. The van der Waals surface area contributed by atoms with Crippen LogP contribution in [0.4, 0.5) is 0 Å². The minimum Gasteiger partial charge on any atom is -0.469 e. The number of aliphatic hydroxyl groups is 3. The first-order valence-electron chi connectivity index (χ1n) is 24.9. The third-order valence-corrected chi connectivity index (χ3v) is 12.1. The molecule has 0 aromatic rings. The quantitative estimate of drug-likeness (QED) is 0.0263. The Balaban J connectivity index is 6.08. The standard InChI is InChI=1S/C53H101NO13/c1-20-38(4)66-39(30-55)23-48(7,8)34-53(17,18)29-46(61)67-41(33-64-44(59)27-47(5,6)21-22-54-42(57)31-56)25-50(11,12)36-52(15,16)28-45(60)63-32-40(65-37(2)3)24-49(9,10)35-51(13,14)26-43(58)62-19/h37-42,54-57H,20-36H2,1-19H3. The minimum atomic E-state index is -1.04. The Morgan fingerprint density at radius 3 is 1.34 bits per heavy atom. The summed E-state index contributed by atoms with van der Waals surface area (Å²) in [5.41, 5.74) is -2.71. The number of aliphatic hydroxyl groups excluding tert-OH is 3. The number of ether oxygens (including phenoxy) is 6. The van der Waals surface area contributed by atoms with E-state index in [4.69, 9.17) is 33.5 Å². The van der Waals surface area contributed by atoms with Gasteiger partial charge < -0.3 is 43.7 Å². The first kappa shape index (κ1) is 64.6. The van der Waals surface area contributed by atoms with Gasteiger partial charge in [0.1, 0.15) is 25.5 Å². The molecular formula is C53H101NO13. The monoisotopic (exact) mass is 960 g/mol. The van der Waals surface area contributed by atoms with Gasteiger partial charge in [-0.2, -0.15) is 0 Å². The highest BCUT2D eigenvalue weighted by atomic mass is 16.6. The van der Waals surface area contributed by atoms with Crippen molar-refractivity contribution in [3.63, 3.8) is 0 Å². The average molecular weight is 960 g/mol. The van der Waals surface area contributed by atoms with E-state index < -0.39 is 52.5 Å². The van der Waals surface area contributed by atoms with E-state index in [9.17, 15) is 29.4 Å². The lowest BCUT2D eigenvalue weighted by atomic mass is 9.70. The van der Waals surface area contributed by atoms with Crippen LogP contribution in [-0.4, -0.2) is 116 Å².